The Bertz CT molecular complexity index is 3660. The Hall–Kier alpha value is -9.04. The van der Waals surface area contributed by atoms with Gasteiger partial charge >= 0.3 is 0 Å². The molecule has 9 aromatic carbocycles. The minimum Gasteiger partial charge on any atom is -0.355 e. The summed E-state index contributed by atoms with van der Waals surface area (Å²) >= 11 is 0. The molecule has 1 nitrogen and oxygen atoms in total. The number of rotatable bonds is 13. The van der Waals surface area contributed by atoms with Crippen molar-refractivity contribution >= 4 is 61.3 Å². The molecular weight excluding hydrogens is 879 g/mol. The first-order valence-corrected chi connectivity index (χ1v) is 25.4. The highest BCUT2D eigenvalue weighted by Gasteiger charge is 2.22. The van der Waals surface area contributed by atoms with E-state index in [4.69, 9.17) is 0 Å². The average molecular weight is 938 g/mol. The summed E-state index contributed by atoms with van der Waals surface area (Å²) in [5.41, 5.74) is 19.2. The fourth-order valence-corrected chi connectivity index (χ4v) is 10.8. The second-order valence-corrected chi connectivity index (χ2v) is 18.3. The summed E-state index contributed by atoms with van der Waals surface area (Å²) in [6.45, 7) is 16.3. The van der Waals surface area contributed by atoms with Crippen molar-refractivity contribution in [3.63, 3.8) is 0 Å². The Morgan fingerprint density at radius 3 is 1.34 bits per heavy atom. The molecular formula is C72H59N. The summed E-state index contributed by atoms with van der Waals surface area (Å²) in [6.07, 6.45) is 27.3. The largest absolute Gasteiger partial charge is 0.355 e. The number of anilines is 1. The molecule has 0 fully saturated rings. The molecule has 0 heterocycles. The monoisotopic (exact) mass is 937 g/mol. The van der Waals surface area contributed by atoms with Crippen LogP contribution in [0, 0.1) is 0 Å². The van der Waals surface area contributed by atoms with E-state index in [1.165, 1.54) is 99.1 Å². The van der Waals surface area contributed by atoms with Gasteiger partial charge in [0.2, 0.25) is 0 Å². The molecule has 2 aliphatic carbocycles. The van der Waals surface area contributed by atoms with Gasteiger partial charge in [0, 0.05) is 17.0 Å². The lowest BCUT2D eigenvalue weighted by Gasteiger charge is -2.23. The molecule has 0 aliphatic heterocycles. The van der Waals surface area contributed by atoms with E-state index in [0.29, 0.717) is 0 Å². The third kappa shape index (κ3) is 9.74. The van der Waals surface area contributed by atoms with Crippen molar-refractivity contribution in [3.8, 4) is 33.4 Å². The standard InChI is InChI=1S/C46H37N.C26H22/c1-3-17-37(33-19-7-5-8-20-33)38-23-11-12-24-39(38)44(18-4-2)47-36-31-29-35(30-32-36)46-42-27-15-13-25-40(42)45(34-21-9-6-10-22-34)41-26-14-16-28-43(41)46;1-3-21-22(4-2)26(20-15-9-6-10-16-20)24-18-12-11-17-23(24)25(21)19-13-7-5-8-14-19/h3-10,13-32,47H,1-2,11-12H2;3-9,11-15,17-18H,1-2,10,16H2/b37-17+,44-18-;. The fourth-order valence-electron chi connectivity index (χ4n) is 10.8. The number of hydrogen-bond donors (Lipinski definition) is 1. The van der Waals surface area contributed by atoms with Gasteiger partial charge in [0.25, 0.3) is 0 Å². The molecule has 0 unspecified atom stereocenters. The topological polar surface area (TPSA) is 12.0 Å². The molecule has 0 atom stereocenters. The second-order valence-electron chi connectivity index (χ2n) is 18.3. The first-order chi connectivity index (χ1) is 36.1. The van der Waals surface area contributed by atoms with E-state index < -0.39 is 0 Å². The summed E-state index contributed by atoms with van der Waals surface area (Å²) in [6, 6.07) is 67.0. The van der Waals surface area contributed by atoms with Gasteiger partial charge in [0.1, 0.15) is 0 Å². The van der Waals surface area contributed by atoms with Crippen molar-refractivity contribution < 1.29 is 0 Å². The highest BCUT2D eigenvalue weighted by molar-refractivity contribution is 6.21. The van der Waals surface area contributed by atoms with Crippen molar-refractivity contribution in [1.82, 2.24) is 0 Å². The van der Waals surface area contributed by atoms with Crippen LogP contribution >= 0.6 is 0 Å². The van der Waals surface area contributed by atoms with Crippen molar-refractivity contribution in [3.05, 3.63) is 308 Å². The zero-order valence-electron chi connectivity index (χ0n) is 41.4. The number of nitrogens with one attached hydrogen (secondary N) is 1. The Morgan fingerprint density at radius 2 is 0.849 bits per heavy atom. The van der Waals surface area contributed by atoms with Gasteiger partial charge in [-0.25, -0.2) is 0 Å². The quantitative estimate of drug-likeness (QED) is 0.0897. The van der Waals surface area contributed by atoms with Crippen LogP contribution in [0.5, 0.6) is 0 Å². The van der Waals surface area contributed by atoms with Gasteiger partial charge in [-0.15, -0.1) is 0 Å². The van der Waals surface area contributed by atoms with Crippen LogP contribution in [0.3, 0.4) is 0 Å². The fraction of sp³-hybridized carbons (Fsp3) is 0.0556. The predicted molar refractivity (Wildman–Crippen MR) is 320 cm³/mol. The van der Waals surface area contributed by atoms with Crippen molar-refractivity contribution in [2.75, 3.05) is 5.32 Å². The molecule has 0 radical (unpaired) electrons. The van der Waals surface area contributed by atoms with Gasteiger partial charge in [0.05, 0.1) is 0 Å². The lowest BCUT2D eigenvalue weighted by molar-refractivity contribution is 1.01. The Balaban J connectivity index is 0.000000198. The maximum absolute atomic E-state index is 4.14. The molecule has 2 aliphatic rings. The summed E-state index contributed by atoms with van der Waals surface area (Å²) in [5, 5.41) is 11.3. The van der Waals surface area contributed by atoms with Crippen LogP contribution in [-0.4, -0.2) is 0 Å². The zero-order chi connectivity index (χ0) is 49.9. The number of allylic oxidation sites excluding steroid dienone is 12. The highest BCUT2D eigenvalue weighted by atomic mass is 14.9. The van der Waals surface area contributed by atoms with E-state index in [1.807, 2.05) is 24.3 Å². The normalized spacial score (nSPS) is 13.6. The summed E-state index contributed by atoms with van der Waals surface area (Å²) < 4.78 is 0. The molecule has 0 saturated carbocycles. The van der Waals surface area contributed by atoms with Gasteiger partial charge in [-0.3, -0.25) is 0 Å². The van der Waals surface area contributed by atoms with Gasteiger partial charge in [-0.1, -0.05) is 263 Å². The Morgan fingerprint density at radius 1 is 0.411 bits per heavy atom. The van der Waals surface area contributed by atoms with Gasteiger partial charge in [-0.2, -0.15) is 0 Å². The minimum absolute atomic E-state index is 0.989. The van der Waals surface area contributed by atoms with Crippen LogP contribution in [0.2, 0.25) is 0 Å². The third-order valence-electron chi connectivity index (χ3n) is 13.9. The molecule has 9 aromatic rings. The van der Waals surface area contributed by atoms with Crippen LogP contribution in [0.25, 0.3) is 89.0 Å². The molecule has 0 saturated heterocycles. The average Bonchev–Trinajstić information content (AvgIpc) is 3.46. The van der Waals surface area contributed by atoms with E-state index in [1.54, 1.807) is 0 Å². The minimum atomic E-state index is 0.989. The van der Waals surface area contributed by atoms with Crippen LogP contribution in [0.1, 0.15) is 47.9 Å². The SMILES string of the molecule is C=C/C=C(\Nc1ccc(-c2c3ccccc3c(-c3ccccc3)c3ccccc23)cc1)C1=CCCC=C1/C(=C/C=C)c1ccccc1.C=Cc1c(C=C)c(-c2ccccc2)c2ccccc2c1C1=CC=CCC1. The van der Waals surface area contributed by atoms with Crippen molar-refractivity contribution in [2.45, 2.75) is 25.7 Å². The van der Waals surface area contributed by atoms with Crippen molar-refractivity contribution in [1.29, 1.82) is 0 Å². The smallest absolute Gasteiger partial charge is 0.0460 e. The molecule has 0 bridgehead atoms. The van der Waals surface area contributed by atoms with Gasteiger partial charge in [0.15, 0.2) is 0 Å². The lowest BCUT2D eigenvalue weighted by Crippen LogP contribution is -2.08. The zero-order valence-corrected chi connectivity index (χ0v) is 41.4. The number of fused-ring (bicyclic) bond motifs is 3. The molecule has 11 rings (SSSR count). The second kappa shape index (κ2) is 22.4. The summed E-state index contributed by atoms with van der Waals surface area (Å²) in [5.74, 6) is 0. The lowest BCUT2D eigenvalue weighted by atomic mass is 9.82. The van der Waals surface area contributed by atoms with E-state index in [2.05, 4.69) is 262 Å². The maximum Gasteiger partial charge on any atom is 0.0460 e. The molecule has 73 heavy (non-hydrogen) atoms. The molecule has 0 spiro atoms. The Kier molecular flexibility index (Phi) is 14.6. The van der Waals surface area contributed by atoms with Crippen LogP contribution < -0.4 is 5.32 Å². The predicted octanol–water partition coefficient (Wildman–Crippen LogP) is 20.3. The van der Waals surface area contributed by atoms with Crippen molar-refractivity contribution in [2.24, 2.45) is 0 Å². The summed E-state index contributed by atoms with van der Waals surface area (Å²) in [4.78, 5) is 0. The van der Waals surface area contributed by atoms with E-state index in [-0.39, 0.29) is 0 Å². The molecule has 1 N–H and O–H groups in total. The molecule has 0 aromatic heterocycles. The highest BCUT2D eigenvalue weighted by Crippen LogP contribution is 2.45. The number of benzene rings is 9. The van der Waals surface area contributed by atoms with E-state index in [0.717, 1.165) is 48.2 Å². The number of hydrogen-bond acceptors (Lipinski definition) is 1. The van der Waals surface area contributed by atoms with Crippen LogP contribution in [-0.2, 0) is 0 Å². The molecule has 352 valence electrons. The molecule has 1 heteroatoms. The summed E-state index contributed by atoms with van der Waals surface area (Å²) in [7, 11) is 0. The molecule has 0 amide bonds. The Labute approximate surface area is 431 Å². The van der Waals surface area contributed by atoms with E-state index in [9.17, 15) is 0 Å². The maximum atomic E-state index is 4.14. The van der Waals surface area contributed by atoms with Gasteiger partial charge in [-0.05, 0) is 149 Å². The third-order valence-corrected chi connectivity index (χ3v) is 13.9. The van der Waals surface area contributed by atoms with Crippen LogP contribution in [0.15, 0.2) is 286 Å². The van der Waals surface area contributed by atoms with Gasteiger partial charge < -0.3 is 5.32 Å². The van der Waals surface area contributed by atoms with Crippen LogP contribution in [0.4, 0.5) is 5.69 Å². The first kappa shape index (κ1) is 47.6. The first-order valence-electron chi connectivity index (χ1n) is 25.4. The van der Waals surface area contributed by atoms with E-state index >= 15 is 0 Å².